The average Bonchev–Trinajstić information content (AvgIpc) is 3.42. The van der Waals surface area contributed by atoms with Crippen molar-refractivity contribution in [2.75, 3.05) is 6.54 Å². The summed E-state index contributed by atoms with van der Waals surface area (Å²) in [6, 6.07) is 7.58. The first kappa shape index (κ1) is 25.7. The fourth-order valence-electron chi connectivity index (χ4n) is 6.63. The molecule has 1 atom stereocenters. The van der Waals surface area contributed by atoms with Crippen LogP contribution in [0.3, 0.4) is 0 Å². The molecule has 1 aromatic carbocycles. The minimum absolute atomic E-state index is 0.0194. The van der Waals surface area contributed by atoms with E-state index < -0.39 is 5.69 Å². The topological polar surface area (TPSA) is 93.4 Å². The molecule has 2 saturated carbocycles. The lowest BCUT2D eigenvalue weighted by molar-refractivity contribution is -0.135. The molecule has 8 nitrogen and oxygen atoms in total. The number of para-hydroxylation sites is 1. The first-order valence-electron chi connectivity index (χ1n) is 14.2. The zero-order valence-corrected chi connectivity index (χ0v) is 22.0. The molecular weight excluding hydrogens is 468 g/mol. The van der Waals surface area contributed by atoms with Crippen molar-refractivity contribution in [2.24, 2.45) is 11.8 Å². The van der Waals surface area contributed by atoms with Crippen LogP contribution < -0.4 is 16.6 Å². The summed E-state index contributed by atoms with van der Waals surface area (Å²) in [5, 5.41) is 3.69. The van der Waals surface area contributed by atoms with Gasteiger partial charge in [0.2, 0.25) is 11.8 Å². The molecule has 2 aromatic rings. The molecule has 3 aliphatic rings. The zero-order chi connectivity index (χ0) is 25.9. The number of likely N-dealkylation sites (tertiary alicyclic amines) is 1. The Hall–Kier alpha value is -2.90. The van der Waals surface area contributed by atoms with E-state index in [0.717, 1.165) is 57.8 Å². The quantitative estimate of drug-likeness (QED) is 0.647. The molecule has 0 bridgehead atoms. The number of hydrogen-bond donors (Lipinski definition) is 1. The Morgan fingerprint density at radius 1 is 0.892 bits per heavy atom. The monoisotopic (exact) mass is 508 g/mol. The molecule has 1 aromatic heterocycles. The third-order valence-electron chi connectivity index (χ3n) is 8.91. The van der Waals surface area contributed by atoms with Gasteiger partial charge >= 0.3 is 5.69 Å². The van der Waals surface area contributed by atoms with Gasteiger partial charge in [-0.15, -0.1) is 0 Å². The molecule has 200 valence electrons. The Bertz CT molecular complexity index is 1250. The molecule has 2 aliphatic carbocycles. The van der Waals surface area contributed by atoms with Crippen LogP contribution in [0.25, 0.3) is 10.9 Å². The molecular formula is C29H40N4O4. The molecule has 3 fully saturated rings. The van der Waals surface area contributed by atoms with E-state index in [4.69, 9.17) is 0 Å². The molecule has 37 heavy (non-hydrogen) atoms. The van der Waals surface area contributed by atoms with Crippen LogP contribution in [-0.4, -0.2) is 44.5 Å². The maximum Gasteiger partial charge on any atom is 0.331 e. The standard InChI is InChI=1S/C29H40N4O4/c1-20-8-6-7-17-31(20)26(34)19-32-25-12-5-4-11-24(25)28(36)33(29(32)37)18-21-13-15-22(16-14-21)27(35)30-23-9-2-3-10-23/h4-5,11-12,20-23H,2-3,6-10,13-19H2,1H3,(H,30,35)/t20-,21?,22?/m0/s1. The number of benzene rings is 1. The summed E-state index contributed by atoms with van der Waals surface area (Å²) >= 11 is 0. The number of carbonyl (C=O) groups is 2. The molecule has 2 amide bonds. The molecule has 8 heteroatoms. The summed E-state index contributed by atoms with van der Waals surface area (Å²) < 4.78 is 2.82. The number of fused-ring (bicyclic) bond motifs is 1. The number of aromatic nitrogens is 2. The third kappa shape index (κ3) is 5.53. The van der Waals surface area contributed by atoms with Gasteiger partial charge in [-0.05, 0) is 82.8 Å². The fraction of sp³-hybridized carbons (Fsp3) is 0.655. The van der Waals surface area contributed by atoms with Crippen LogP contribution in [0.5, 0.6) is 0 Å². The third-order valence-corrected chi connectivity index (χ3v) is 8.91. The van der Waals surface area contributed by atoms with Crippen LogP contribution >= 0.6 is 0 Å². The van der Waals surface area contributed by atoms with Gasteiger partial charge in [-0.25, -0.2) is 4.79 Å². The molecule has 0 radical (unpaired) electrons. The maximum absolute atomic E-state index is 13.6. The van der Waals surface area contributed by atoms with Crippen LogP contribution in [0.2, 0.25) is 0 Å². The molecule has 1 aliphatic heterocycles. The van der Waals surface area contributed by atoms with E-state index >= 15 is 0 Å². The van der Waals surface area contributed by atoms with Crippen LogP contribution in [0.4, 0.5) is 0 Å². The number of piperidine rings is 1. The average molecular weight is 509 g/mol. The Labute approximate surface area is 218 Å². The van der Waals surface area contributed by atoms with Gasteiger partial charge in [-0.1, -0.05) is 25.0 Å². The lowest BCUT2D eigenvalue weighted by Crippen LogP contribution is -2.47. The van der Waals surface area contributed by atoms with Crippen molar-refractivity contribution in [3.63, 3.8) is 0 Å². The molecule has 5 rings (SSSR count). The van der Waals surface area contributed by atoms with E-state index in [1.165, 1.54) is 22.0 Å². The van der Waals surface area contributed by atoms with Crippen molar-refractivity contribution in [1.29, 1.82) is 0 Å². The largest absolute Gasteiger partial charge is 0.353 e. The summed E-state index contributed by atoms with van der Waals surface area (Å²) in [5.41, 5.74) is -0.196. The number of nitrogens with one attached hydrogen (secondary N) is 1. The van der Waals surface area contributed by atoms with Crippen LogP contribution in [0.1, 0.15) is 77.6 Å². The summed E-state index contributed by atoms with van der Waals surface area (Å²) in [5.74, 6) is 0.277. The fourth-order valence-corrected chi connectivity index (χ4v) is 6.63. The normalized spacial score (nSPS) is 24.9. The van der Waals surface area contributed by atoms with E-state index in [-0.39, 0.29) is 41.8 Å². The van der Waals surface area contributed by atoms with Gasteiger partial charge in [0.25, 0.3) is 5.56 Å². The summed E-state index contributed by atoms with van der Waals surface area (Å²) in [4.78, 5) is 54.8. The van der Waals surface area contributed by atoms with Crippen molar-refractivity contribution in [2.45, 2.75) is 103 Å². The van der Waals surface area contributed by atoms with Gasteiger partial charge in [0.15, 0.2) is 0 Å². The minimum Gasteiger partial charge on any atom is -0.353 e. The Morgan fingerprint density at radius 3 is 2.32 bits per heavy atom. The molecule has 2 heterocycles. The first-order valence-corrected chi connectivity index (χ1v) is 14.2. The van der Waals surface area contributed by atoms with Gasteiger partial charge in [-0.2, -0.15) is 0 Å². The van der Waals surface area contributed by atoms with Gasteiger partial charge < -0.3 is 10.2 Å². The van der Waals surface area contributed by atoms with Crippen LogP contribution in [-0.2, 0) is 22.7 Å². The first-order chi connectivity index (χ1) is 17.9. The lowest BCUT2D eigenvalue weighted by Gasteiger charge is -2.33. The number of carbonyl (C=O) groups excluding carboxylic acids is 2. The van der Waals surface area contributed by atoms with Gasteiger partial charge in [-0.3, -0.25) is 23.5 Å². The Kier molecular flexibility index (Phi) is 7.81. The highest BCUT2D eigenvalue weighted by atomic mass is 16.2. The molecule has 0 unspecified atom stereocenters. The molecule has 1 N–H and O–H groups in total. The Morgan fingerprint density at radius 2 is 1.59 bits per heavy atom. The van der Waals surface area contributed by atoms with Gasteiger partial charge in [0.1, 0.15) is 6.54 Å². The summed E-state index contributed by atoms with van der Waals surface area (Å²) in [6.07, 6.45) is 10.8. The van der Waals surface area contributed by atoms with E-state index in [0.29, 0.717) is 30.0 Å². The van der Waals surface area contributed by atoms with E-state index in [1.807, 2.05) is 4.90 Å². The van der Waals surface area contributed by atoms with Crippen molar-refractivity contribution in [3.8, 4) is 0 Å². The van der Waals surface area contributed by atoms with Crippen molar-refractivity contribution in [1.82, 2.24) is 19.4 Å². The number of rotatable bonds is 6. The lowest BCUT2D eigenvalue weighted by atomic mass is 9.81. The molecule has 0 spiro atoms. The van der Waals surface area contributed by atoms with Crippen LogP contribution in [0, 0.1) is 11.8 Å². The number of amides is 2. The SMILES string of the molecule is C[C@H]1CCCCN1C(=O)Cn1c(=O)n(CC2CCC(C(=O)NC3CCCC3)CC2)c(=O)c2ccccc21. The highest BCUT2D eigenvalue weighted by Gasteiger charge is 2.30. The maximum atomic E-state index is 13.6. The predicted molar refractivity (Wildman–Crippen MR) is 143 cm³/mol. The molecule has 1 saturated heterocycles. The summed E-state index contributed by atoms with van der Waals surface area (Å²) in [7, 11) is 0. The zero-order valence-electron chi connectivity index (χ0n) is 22.0. The minimum atomic E-state index is -0.414. The number of nitrogens with zero attached hydrogens (tertiary/aromatic N) is 3. The van der Waals surface area contributed by atoms with E-state index in [9.17, 15) is 19.2 Å². The van der Waals surface area contributed by atoms with Crippen molar-refractivity contribution in [3.05, 3.63) is 45.1 Å². The van der Waals surface area contributed by atoms with E-state index in [1.54, 1.807) is 24.3 Å². The van der Waals surface area contributed by atoms with Gasteiger partial charge in [0.05, 0.1) is 10.9 Å². The smallest absolute Gasteiger partial charge is 0.331 e. The highest BCUT2D eigenvalue weighted by molar-refractivity contribution is 5.82. The number of hydrogen-bond acceptors (Lipinski definition) is 4. The highest BCUT2D eigenvalue weighted by Crippen LogP contribution is 2.30. The second-order valence-corrected chi connectivity index (χ2v) is 11.4. The van der Waals surface area contributed by atoms with Crippen LogP contribution in [0.15, 0.2) is 33.9 Å². The Balaban J connectivity index is 1.33. The van der Waals surface area contributed by atoms with Gasteiger partial charge in [0, 0.05) is 31.1 Å². The summed E-state index contributed by atoms with van der Waals surface area (Å²) in [6.45, 7) is 3.04. The predicted octanol–water partition coefficient (Wildman–Crippen LogP) is 3.43. The second kappa shape index (κ2) is 11.2. The van der Waals surface area contributed by atoms with Crippen molar-refractivity contribution < 1.29 is 9.59 Å². The van der Waals surface area contributed by atoms with Crippen molar-refractivity contribution >= 4 is 22.7 Å². The van der Waals surface area contributed by atoms with E-state index in [2.05, 4.69) is 12.2 Å². The second-order valence-electron chi connectivity index (χ2n) is 11.4.